The molecule has 3 nitrogen and oxygen atoms in total. The van der Waals surface area contributed by atoms with Crippen LogP contribution in [0.4, 0.5) is 8.78 Å². The fourth-order valence-electron chi connectivity index (χ4n) is 2.04. The van der Waals surface area contributed by atoms with E-state index in [1.807, 2.05) is 6.92 Å². The second-order valence-electron chi connectivity index (χ2n) is 4.42. The summed E-state index contributed by atoms with van der Waals surface area (Å²) in [6.07, 6.45) is 0. The SMILES string of the molecule is COc1c(F)cc(F)cc1C(=O)c1c(Br)c(Br)c(C)n1C. The lowest BCUT2D eigenvalue weighted by Crippen LogP contribution is -2.11. The van der Waals surface area contributed by atoms with Gasteiger partial charge in [-0.15, -0.1) is 0 Å². The highest BCUT2D eigenvalue weighted by atomic mass is 79.9. The molecule has 0 aliphatic rings. The number of carbonyl (C=O) groups excluding carboxylic acids is 1. The number of ether oxygens (including phenoxy) is 1. The van der Waals surface area contributed by atoms with Crippen LogP contribution in [0, 0.1) is 18.6 Å². The molecule has 0 amide bonds. The first-order valence-corrected chi connectivity index (χ1v) is 7.46. The summed E-state index contributed by atoms with van der Waals surface area (Å²) in [6.45, 7) is 1.81. The first-order chi connectivity index (χ1) is 9.79. The molecule has 0 atom stereocenters. The van der Waals surface area contributed by atoms with E-state index in [1.165, 1.54) is 7.11 Å². The fraction of sp³-hybridized carbons (Fsp3) is 0.214. The van der Waals surface area contributed by atoms with Crippen LogP contribution in [0.1, 0.15) is 21.7 Å². The average molecular weight is 423 g/mol. The van der Waals surface area contributed by atoms with Crippen molar-refractivity contribution < 1.29 is 18.3 Å². The third-order valence-corrected chi connectivity index (χ3v) is 5.50. The van der Waals surface area contributed by atoms with Gasteiger partial charge in [0.25, 0.3) is 0 Å². The van der Waals surface area contributed by atoms with Crippen LogP contribution < -0.4 is 4.74 Å². The molecule has 0 saturated carbocycles. The van der Waals surface area contributed by atoms with Gasteiger partial charge in [-0.25, -0.2) is 8.78 Å². The lowest BCUT2D eigenvalue weighted by atomic mass is 10.1. The number of ketones is 1. The van der Waals surface area contributed by atoms with Gasteiger partial charge in [0.05, 0.1) is 21.6 Å². The topological polar surface area (TPSA) is 31.2 Å². The Labute approximate surface area is 137 Å². The van der Waals surface area contributed by atoms with E-state index in [2.05, 4.69) is 31.9 Å². The molecule has 0 bridgehead atoms. The molecular formula is C14H11Br2F2NO2. The van der Waals surface area contributed by atoms with Crippen LogP contribution in [0.2, 0.25) is 0 Å². The molecule has 0 saturated heterocycles. The zero-order chi connectivity index (χ0) is 15.9. The minimum absolute atomic E-state index is 0.163. The second kappa shape index (κ2) is 5.88. The number of nitrogens with zero attached hydrogens (tertiary/aromatic N) is 1. The Bertz CT molecular complexity index is 716. The molecule has 0 aliphatic carbocycles. The monoisotopic (exact) mass is 421 g/mol. The number of halogens is 4. The molecule has 1 aromatic carbocycles. The van der Waals surface area contributed by atoms with E-state index < -0.39 is 17.4 Å². The molecule has 2 aromatic rings. The van der Waals surface area contributed by atoms with Crippen molar-refractivity contribution in [3.63, 3.8) is 0 Å². The standard InChI is InChI=1S/C14H11Br2F2NO2/c1-6-10(15)11(16)12(19(6)2)13(20)8-4-7(17)5-9(18)14(8)21-3/h4-5H,1-3H3. The highest BCUT2D eigenvalue weighted by molar-refractivity contribution is 9.13. The van der Waals surface area contributed by atoms with Crippen molar-refractivity contribution in [1.82, 2.24) is 4.57 Å². The van der Waals surface area contributed by atoms with Crippen molar-refractivity contribution in [3.05, 3.63) is 49.7 Å². The summed E-state index contributed by atoms with van der Waals surface area (Å²) in [7, 11) is 2.93. The Morgan fingerprint density at radius 2 is 1.86 bits per heavy atom. The molecule has 1 heterocycles. The van der Waals surface area contributed by atoms with Gasteiger partial charge in [-0.3, -0.25) is 4.79 Å². The molecule has 7 heteroatoms. The molecule has 2 rings (SSSR count). The van der Waals surface area contributed by atoms with Crippen molar-refractivity contribution in [1.29, 1.82) is 0 Å². The van der Waals surface area contributed by atoms with Gasteiger partial charge in [-0.05, 0) is 44.8 Å². The molecule has 0 N–H and O–H groups in total. The number of carbonyl (C=O) groups is 1. The van der Waals surface area contributed by atoms with Crippen molar-refractivity contribution in [2.75, 3.05) is 7.11 Å². The number of aromatic nitrogens is 1. The smallest absolute Gasteiger partial charge is 0.214 e. The first kappa shape index (κ1) is 16.2. The molecule has 1 aromatic heterocycles. The van der Waals surface area contributed by atoms with Crippen molar-refractivity contribution >= 4 is 37.6 Å². The third kappa shape index (κ3) is 2.64. The maximum atomic E-state index is 13.7. The van der Waals surface area contributed by atoms with E-state index in [9.17, 15) is 13.6 Å². The Morgan fingerprint density at radius 1 is 1.24 bits per heavy atom. The minimum atomic E-state index is -0.915. The van der Waals surface area contributed by atoms with E-state index in [1.54, 1.807) is 11.6 Å². The summed E-state index contributed by atoms with van der Waals surface area (Å²) >= 11 is 6.67. The number of hydrogen-bond acceptors (Lipinski definition) is 2. The Morgan fingerprint density at radius 3 is 2.33 bits per heavy atom. The third-order valence-electron chi connectivity index (χ3n) is 3.23. The molecule has 0 aliphatic heterocycles. The molecule has 0 fully saturated rings. The Kier molecular flexibility index (Phi) is 4.53. The van der Waals surface area contributed by atoms with Crippen LogP contribution in [0.5, 0.6) is 5.75 Å². The lowest BCUT2D eigenvalue weighted by Gasteiger charge is -2.10. The zero-order valence-electron chi connectivity index (χ0n) is 11.4. The van der Waals surface area contributed by atoms with E-state index in [0.717, 1.165) is 11.8 Å². The van der Waals surface area contributed by atoms with Gasteiger partial charge in [0.1, 0.15) is 11.5 Å². The molecule has 112 valence electrons. The predicted octanol–water partition coefficient (Wildman–Crippen LogP) is 4.38. The van der Waals surface area contributed by atoms with E-state index in [4.69, 9.17) is 4.74 Å². The Hall–Kier alpha value is -1.21. The van der Waals surface area contributed by atoms with Crippen LogP contribution in [0.3, 0.4) is 0 Å². The second-order valence-corrected chi connectivity index (χ2v) is 6.00. The summed E-state index contributed by atoms with van der Waals surface area (Å²) in [6, 6.07) is 1.64. The van der Waals surface area contributed by atoms with E-state index in [-0.39, 0.29) is 17.0 Å². The maximum absolute atomic E-state index is 13.7. The first-order valence-electron chi connectivity index (χ1n) is 5.87. The minimum Gasteiger partial charge on any atom is -0.493 e. The number of methoxy groups -OCH3 is 1. The summed E-state index contributed by atoms with van der Waals surface area (Å²) in [5.74, 6) is -2.56. The normalized spacial score (nSPS) is 10.8. The molecule has 0 unspecified atom stereocenters. The summed E-state index contributed by atoms with van der Waals surface area (Å²) in [4.78, 5) is 12.7. The number of benzene rings is 1. The van der Waals surface area contributed by atoms with Crippen LogP contribution in [0.25, 0.3) is 0 Å². The van der Waals surface area contributed by atoms with Crippen molar-refractivity contribution in [3.8, 4) is 5.75 Å². The van der Waals surface area contributed by atoms with Crippen molar-refractivity contribution in [2.24, 2.45) is 7.05 Å². The predicted molar refractivity (Wildman–Crippen MR) is 81.9 cm³/mol. The molecular weight excluding hydrogens is 412 g/mol. The summed E-state index contributed by atoms with van der Waals surface area (Å²) < 4.78 is 34.9. The number of rotatable bonds is 3. The van der Waals surface area contributed by atoms with Gasteiger partial charge >= 0.3 is 0 Å². The van der Waals surface area contributed by atoms with Crippen LogP contribution in [0.15, 0.2) is 21.1 Å². The van der Waals surface area contributed by atoms with Gasteiger partial charge in [0.2, 0.25) is 5.78 Å². The van der Waals surface area contributed by atoms with Gasteiger partial charge in [0.15, 0.2) is 11.6 Å². The number of hydrogen-bond donors (Lipinski definition) is 0. The Balaban J connectivity index is 2.69. The largest absolute Gasteiger partial charge is 0.493 e. The van der Waals surface area contributed by atoms with Gasteiger partial charge < -0.3 is 9.30 Å². The lowest BCUT2D eigenvalue weighted by molar-refractivity contribution is 0.102. The molecule has 0 radical (unpaired) electrons. The van der Waals surface area contributed by atoms with Crippen LogP contribution in [-0.2, 0) is 7.05 Å². The zero-order valence-corrected chi connectivity index (χ0v) is 14.6. The average Bonchev–Trinajstić information content (AvgIpc) is 2.61. The summed E-state index contributed by atoms with van der Waals surface area (Å²) in [5, 5.41) is 0. The highest BCUT2D eigenvalue weighted by Crippen LogP contribution is 2.35. The molecule has 0 spiro atoms. The van der Waals surface area contributed by atoms with Crippen molar-refractivity contribution in [2.45, 2.75) is 6.92 Å². The maximum Gasteiger partial charge on any atom is 0.214 e. The molecule has 21 heavy (non-hydrogen) atoms. The van der Waals surface area contributed by atoms with E-state index in [0.29, 0.717) is 15.0 Å². The van der Waals surface area contributed by atoms with Gasteiger partial charge in [-0.2, -0.15) is 0 Å². The van der Waals surface area contributed by atoms with Crippen LogP contribution in [-0.4, -0.2) is 17.5 Å². The summed E-state index contributed by atoms with van der Waals surface area (Å²) in [5.41, 5.74) is 0.924. The van der Waals surface area contributed by atoms with E-state index >= 15 is 0 Å². The van der Waals surface area contributed by atoms with Gasteiger partial charge in [-0.1, -0.05) is 0 Å². The highest BCUT2D eigenvalue weighted by Gasteiger charge is 2.26. The quantitative estimate of drug-likeness (QED) is 0.687. The van der Waals surface area contributed by atoms with Gasteiger partial charge in [0, 0.05) is 18.8 Å². The van der Waals surface area contributed by atoms with Crippen LogP contribution >= 0.6 is 31.9 Å². The fourth-order valence-corrected chi connectivity index (χ4v) is 3.23.